The van der Waals surface area contributed by atoms with Crippen LogP contribution in [0.1, 0.15) is 19.4 Å². The molecule has 1 amide bonds. The van der Waals surface area contributed by atoms with Crippen molar-refractivity contribution < 1.29 is 36.1 Å². The summed E-state index contributed by atoms with van der Waals surface area (Å²) in [6.45, 7) is 1.44. The van der Waals surface area contributed by atoms with E-state index < -0.39 is 62.8 Å². The Labute approximate surface area is 234 Å². The van der Waals surface area contributed by atoms with Gasteiger partial charge in [-0.25, -0.2) is 4.98 Å². The van der Waals surface area contributed by atoms with Crippen molar-refractivity contribution in [2.24, 2.45) is 5.92 Å². The number of non-ortho nitro benzene ring substituents is 1. The van der Waals surface area contributed by atoms with Crippen LogP contribution >= 0.6 is 11.3 Å². The number of carbonyl (C=O) groups excluding carboxylic acids is 2. The summed E-state index contributed by atoms with van der Waals surface area (Å²) in [4.78, 5) is 52.4. The van der Waals surface area contributed by atoms with Gasteiger partial charge in [0.15, 0.2) is 5.82 Å². The number of ketones is 1. The predicted octanol–water partition coefficient (Wildman–Crippen LogP) is 2.60. The van der Waals surface area contributed by atoms with Gasteiger partial charge in [-0.05, 0) is 22.9 Å². The van der Waals surface area contributed by atoms with Crippen LogP contribution in [0.25, 0.3) is 10.7 Å². The van der Waals surface area contributed by atoms with Crippen molar-refractivity contribution in [1.82, 2.24) is 19.6 Å². The summed E-state index contributed by atoms with van der Waals surface area (Å²) in [7, 11) is -4.41. The SMILES string of the molecule is CC(C)C(NC(=O)Cn1c(-c2cccs2)ncc(NS(=O)(=O)NCc2ccc([N+](=O)[O-])cc2)c1=O)C(=O)C(F)(F)F. The van der Waals surface area contributed by atoms with E-state index in [9.17, 15) is 46.1 Å². The third-order valence-electron chi connectivity index (χ3n) is 5.49. The maximum Gasteiger partial charge on any atom is 0.452 e. The molecule has 0 aliphatic rings. The van der Waals surface area contributed by atoms with Gasteiger partial charge in [-0.1, -0.05) is 32.0 Å². The predicted molar refractivity (Wildman–Crippen MR) is 142 cm³/mol. The number of hydrogen-bond acceptors (Lipinski definition) is 9. The van der Waals surface area contributed by atoms with Crippen LogP contribution in [0.15, 0.2) is 52.8 Å². The number of alkyl halides is 3. The number of nitrogens with zero attached hydrogens (tertiary/aromatic N) is 3. The molecule has 1 atom stereocenters. The molecule has 41 heavy (non-hydrogen) atoms. The summed E-state index contributed by atoms with van der Waals surface area (Å²) >= 11 is 1.13. The molecule has 3 rings (SSSR count). The van der Waals surface area contributed by atoms with Gasteiger partial charge < -0.3 is 5.32 Å². The molecule has 220 valence electrons. The number of nitro benzene ring substituents is 1. The second-order valence-electron chi connectivity index (χ2n) is 8.87. The Kier molecular flexibility index (Phi) is 9.61. The molecule has 0 radical (unpaired) electrons. The molecule has 0 saturated carbocycles. The summed E-state index contributed by atoms with van der Waals surface area (Å²) in [6.07, 6.45) is -4.29. The monoisotopic (exact) mass is 616 g/mol. The Morgan fingerprint density at radius 3 is 2.37 bits per heavy atom. The fraction of sp³-hybridized carbons (Fsp3) is 0.304. The lowest BCUT2D eigenvalue weighted by molar-refractivity contribution is -0.384. The van der Waals surface area contributed by atoms with Crippen LogP contribution in [0.4, 0.5) is 24.5 Å². The number of nitrogens with one attached hydrogen (secondary N) is 3. The zero-order valence-corrected chi connectivity index (χ0v) is 23.0. The van der Waals surface area contributed by atoms with Gasteiger partial charge >= 0.3 is 6.18 Å². The van der Waals surface area contributed by atoms with E-state index in [2.05, 4.69) is 9.71 Å². The van der Waals surface area contributed by atoms with E-state index in [0.29, 0.717) is 10.4 Å². The first-order valence-corrected chi connectivity index (χ1v) is 14.0. The quantitative estimate of drug-likeness (QED) is 0.205. The average molecular weight is 617 g/mol. The van der Waals surface area contributed by atoms with E-state index in [-0.39, 0.29) is 18.1 Å². The van der Waals surface area contributed by atoms with Crippen LogP contribution in [0, 0.1) is 16.0 Å². The minimum Gasteiger partial charge on any atom is -0.344 e. The molecule has 0 spiro atoms. The van der Waals surface area contributed by atoms with Gasteiger partial charge in [-0.2, -0.15) is 26.3 Å². The summed E-state index contributed by atoms with van der Waals surface area (Å²) < 4.78 is 69.2. The Balaban J connectivity index is 1.86. The Hall–Kier alpha value is -4.16. The van der Waals surface area contributed by atoms with Gasteiger partial charge in [0.1, 0.15) is 12.2 Å². The van der Waals surface area contributed by atoms with Crippen LogP contribution in [0.3, 0.4) is 0 Å². The van der Waals surface area contributed by atoms with Crippen molar-refractivity contribution in [2.45, 2.75) is 39.2 Å². The van der Waals surface area contributed by atoms with Gasteiger partial charge in [-0.15, -0.1) is 11.3 Å². The lowest BCUT2D eigenvalue weighted by atomic mass is 9.99. The fourth-order valence-corrected chi connectivity index (χ4v) is 5.07. The molecule has 0 aliphatic heterocycles. The zero-order chi connectivity index (χ0) is 30.5. The first-order chi connectivity index (χ1) is 19.1. The number of carbonyl (C=O) groups is 2. The number of anilines is 1. The van der Waals surface area contributed by atoms with Crippen molar-refractivity contribution in [2.75, 3.05) is 4.72 Å². The molecule has 2 aromatic heterocycles. The maximum absolute atomic E-state index is 13.3. The topological polar surface area (TPSA) is 182 Å². The number of rotatable bonds is 12. The van der Waals surface area contributed by atoms with Crippen molar-refractivity contribution in [3.63, 3.8) is 0 Å². The van der Waals surface area contributed by atoms with Crippen LogP contribution in [0.5, 0.6) is 0 Å². The third-order valence-corrected chi connectivity index (χ3v) is 7.37. The zero-order valence-electron chi connectivity index (χ0n) is 21.3. The molecule has 1 aromatic carbocycles. The number of thiophene rings is 1. The number of nitro groups is 1. The Morgan fingerprint density at radius 1 is 1.17 bits per heavy atom. The van der Waals surface area contributed by atoms with Crippen molar-refractivity contribution >= 4 is 44.6 Å². The van der Waals surface area contributed by atoms with E-state index in [1.54, 1.807) is 17.5 Å². The Bertz CT molecular complexity index is 1590. The molecule has 0 saturated heterocycles. The standard InChI is InChI=1S/C23H23F3N6O7S2/c1-13(2)19(20(34)23(24,25)26)29-18(33)12-31-21(17-4-3-9-40-17)27-11-16(22(31)35)30-41(38,39)28-10-14-5-7-15(8-6-14)32(36)37/h3-9,11,13,19,28,30H,10,12H2,1-2H3,(H,29,33). The molecule has 18 heteroatoms. The van der Waals surface area contributed by atoms with E-state index in [4.69, 9.17) is 0 Å². The molecule has 3 N–H and O–H groups in total. The number of Topliss-reactive ketones (excluding diaryl/α,β-unsaturated/α-hetero) is 1. The third kappa shape index (κ3) is 8.18. The van der Waals surface area contributed by atoms with E-state index in [1.165, 1.54) is 38.1 Å². The number of benzene rings is 1. The number of amides is 1. The summed E-state index contributed by atoms with van der Waals surface area (Å²) in [5.74, 6) is -4.27. The molecule has 2 heterocycles. The molecule has 0 aliphatic carbocycles. The molecule has 0 bridgehead atoms. The number of hydrogen-bond donors (Lipinski definition) is 3. The maximum atomic E-state index is 13.3. The Morgan fingerprint density at radius 2 is 1.83 bits per heavy atom. The highest BCUT2D eigenvalue weighted by molar-refractivity contribution is 7.90. The molecule has 0 fully saturated rings. The van der Waals surface area contributed by atoms with Crippen LogP contribution in [0.2, 0.25) is 0 Å². The van der Waals surface area contributed by atoms with E-state index >= 15 is 0 Å². The minimum absolute atomic E-state index is 0.0646. The van der Waals surface area contributed by atoms with Crippen LogP contribution in [-0.4, -0.2) is 46.8 Å². The van der Waals surface area contributed by atoms with Gasteiger partial charge in [0.2, 0.25) is 5.91 Å². The van der Waals surface area contributed by atoms with E-state index in [0.717, 1.165) is 22.1 Å². The largest absolute Gasteiger partial charge is 0.452 e. The van der Waals surface area contributed by atoms with Crippen LogP contribution in [-0.2, 0) is 32.9 Å². The van der Waals surface area contributed by atoms with Gasteiger partial charge in [0, 0.05) is 18.7 Å². The molecule has 3 aromatic rings. The second-order valence-corrected chi connectivity index (χ2v) is 11.3. The van der Waals surface area contributed by atoms with E-state index in [1.807, 2.05) is 10.0 Å². The van der Waals surface area contributed by atoms with Gasteiger partial charge in [0.25, 0.3) is 27.2 Å². The highest BCUT2D eigenvalue weighted by Crippen LogP contribution is 2.23. The minimum atomic E-state index is -5.21. The molecular formula is C23H23F3N6O7S2. The normalized spacial score (nSPS) is 12.6. The summed E-state index contributed by atoms with van der Waals surface area (Å²) in [5, 5.41) is 14.4. The van der Waals surface area contributed by atoms with Crippen molar-refractivity contribution in [3.8, 4) is 10.7 Å². The average Bonchev–Trinajstić information content (AvgIpc) is 3.42. The molecule has 1 unspecified atom stereocenters. The van der Waals surface area contributed by atoms with Crippen LogP contribution < -0.4 is 20.3 Å². The highest BCUT2D eigenvalue weighted by atomic mass is 32.2. The molecular weight excluding hydrogens is 593 g/mol. The highest BCUT2D eigenvalue weighted by Gasteiger charge is 2.45. The summed E-state index contributed by atoms with van der Waals surface area (Å²) in [5.41, 5.74) is -1.45. The number of aromatic nitrogens is 2. The lowest BCUT2D eigenvalue weighted by Gasteiger charge is -2.22. The first kappa shape index (κ1) is 31.4. The van der Waals surface area contributed by atoms with Crippen molar-refractivity contribution in [1.29, 1.82) is 0 Å². The fourth-order valence-electron chi connectivity index (χ4n) is 3.48. The molecule has 13 nitrogen and oxygen atoms in total. The van der Waals surface area contributed by atoms with Gasteiger partial charge in [-0.3, -0.25) is 33.8 Å². The van der Waals surface area contributed by atoms with Crippen molar-refractivity contribution in [3.05, 3.63) is 74.0 Å². The first-order valence-electron chi connectivity index (χ1n) is 11.6. The van der Waals surface area contributed by atoms with Gasteiger partial charge in [0.05, 0.1) is 22.0 Å². The second kappa shape index (κ2) is 12.6. The smallest absolute Gasteiger partial charge is 0.344 e. The summed E-state index contributed by atoms with van der Waals surface area (Å²) in [6, 6.07) is 6.28. The number of halogens is 3. The lowest BCUT2D eigenvalue weighted by Crippen LogP contribution is -2.51.